The molecule has 2 N–H and O–H groups in total. The zero-order valence-electron chi connectivity index (χ0n) is 13.4. The Morgan fingerprint density at radius 3 is 2.79 bits per heavy atom. The van der Waals surface area contributed by atoms with Crippen molar-refractivity contribution in [3.05, 3.63) is 39.9 Å². The second kappa shape index (κ2) is 7.71. The quantitative estimate of drug-likeness (QED) is 0.538. The van der Waals surface area contributed by atoms with Crippen LogP contribution in [-0.2, 0) is 9.63 Å². The van der Waals surface area contributed by atoms with Gasteiger partial charge in [0.25, 0.3) is 5.09 Å². The highest BCUT2D eigenvalue weighted by atomic mass is 32.2. The van der Waals surface area contributed by atoms with Crippen LogP contribution < -0.4 is 10.1 Å². The number of ether oxygens (including phenoxy) is 1. The number of rotatable bonds is 8. The van der Waals surface area contributed by atoms with Gasteiger partial charge in [0.15, 0.2) is 0 Å². The summed E-state index contributed by atoms with van der Waals surface area (Å²) < 4.78 is 5.84. The fourth-order valence-electron chi connectivity index (χ4n) is 2.16. The number of carboxylic acid groups (broad SMARTS) is 1. The maximum absolute atomic E-state index is 11.1. The van der Waals surface area contributed by atoms with Crippen molar-refractivity contribution >= 4 is 17.7 Å². The topological polar surface area (TPSA) is 111 Å². The van der Waals surface area contributed by atoms with Gasteiger partial charge >= 0.3 is 5.97 Å². The third kappa shape index (κ3) is 5.00. The first-order valence-corrected chi connectivity index (χ1v) is 8.43. The van der Waals surface area contributed by atoms with Gasteiger partial charge in [-0.2, -0.15) is 0 Å². The van der Waals surface area contributed by atoms with Crippen molar-refractivity contribution in [3.8, 4) is 5.75 Å². The van der Waals surface area contributed by atoms with Gasteiger partial charge in [-0.05, 0) is 6.07 Å². The van der Waals surface area contributed by atoms with Gasteiger partial charge in [0.2, 0.25) is 0 Å². The molecule has 2 unspecified atom stereocenters. The lowest BCUT2D eigenvalue weighted by molar-refractivity contribution is -0.760. The Morgan fingerprint density at radius 2 is 2.17 bits per heavy atom. The number of benzene rings is 1. The van der Waals surface area contributed by atoms with Gasteiger partial charge in [-0.3, -0.25) is 10.1 Å². The smallest absolute Gasteiger partial charge is 0.321 e. The number of thioether (sulfide) groups is 1. The van der Waals surface area contributed by atoms with Crippen molar-refractivity contribution in [1.29, 1.82) is 0 Å². The lowest BCUT2D eigenvalue weighted by Gasteiger charge is -2.25. The molecule has 1 heterocycles. The van der Waals surface area contributed by atoms with Gasteiger partial charge in [0.05, 0.1) is 12.0 Å². The molecule has 1 aromatic carbocycles. The van der Waals surface area contributed by atoms with Crippen molar-refractivity contribution in [3.63, 3.8) is 0 Å². The minimum Gasteiger partial charge on any atom is -0.493 e. The molecule has 8 nitrogen and oxygen atoms in total. The van der Waals surface area contributed by atoms with E-state index in [0.717, 1.165) is 5.56 Å². The molecule has 0 aromatic heterocycles. The van der Waals surface area contributed by atoms with E-state index in [2.05, 4.69) is 10.2 Å². The third-order valence-electron chi connectivity index (χ3n) is 3.46. The number of nitrogens with one attached hydrogen (secondary N) is 1. The zero-order valence-corrected chi connectivity index (χ0v) is 14.2. The van der Waals surface area contributed by atoms with E-state index < -0.39 is 22.5 Å². The van der Waals surface area contributed by atoms with E-state index in [1.807, 2.05) is 32.0 Å². The summed E-state index contributed by atoms with van der Waals surface area (Å²) in [5.41, 5.74) is 0.317. The lowest BCUT2D eigenvalue weighted by atomic mass is 9.96. The lowest BCUT2D eigenvalue weighted by Crippen LogP contribution is -2.34. The minimum atomic E-state index is -0.874. The van der Waals surface area contributed by atoms with E-state index in [-0.39, 0.29) is 18.6 Å². The Bertz CT molecular complexity index is 609. The Balaban J connectivity index is 2.02. The molecule has 1 aliphatic rings. The van der Waals surface area contributed by atoms with Gasteiger partial charge in [0, 0.05) is 16.7 Å². The normalized spacial score (nSPS) is 20.6. The summed E-state index contributed by atoms with van der Waals surface area (Å²) in [7, 11) is 0. The molecule has 1 aromatic rings. The van der Waals surface area contributed by atoms with Crippen LogP contribution in [0.3, 0.4) is 0 Å². The van der Waals surface area contributed by atoms with Crippen molar-refractivity contribution in [1.82, 2.24) is 5.32 Å². The van der Waals surface area contributed by atoms with E-state index in [0.29, 0.717) is 11.5 Å². The van der Waals surface area contributed by atoms with E-state index in [1.54, 1.807) is 6.07 Å². The second-order valence-electron chi connectivity index (χ2n) is 6.26. The van der Waals surface area contributed by atoms with Crippen LogP contribution in [0.4, 0.5) is 0 Å². The van der Waals surface area contributed by atoms with Crippen LogP contribution in [0.2, 0.25) is 0 Å². The molecule has 0 aliphatic carbocycles. The summed E-state index contributed by atoms with van der Waals surface area (Å²) >= 11 is 1.51. The van der Waals surface area contributed by atoms with E-state index >= 15 is 0 Å². The Kier molecular flexibility index (Phi) is 5.89. The van der Waals surface area contributed by atoms with Crippen LogP contribution in [0.1, 0.15) is 24.8 Å². The van der Waals surface area contributed by atoms with Gasteiger partial charge < -0.3 is 14.7 Å². The molecule has 1 aliphatic heterocycles. The van der Waals surface area contributed by atoms with Crippen LogP contribution in [0.25, 0.3) is 0 Å². The zero-order chi connectivity index (χ0) is 17.7. The number of hydrogen-bond donors (Lipinski definition) is 2. The molecule has 132 valence electrons. The van der Waals surface area contributed by atoms with Crippen LogP contribution in [0.15, 0.2) is 24.3 Å². The highest BCUT2D eigenvalue weighted by molar-refractivity contribution is 7.99. The molecular formula is C15H20N2O6S. The summed E-state index contributed by atoms with van der Waals surface area (Å²) in [6, 6.07) is 6.78. The number of hydrogen-bond acceptors (Lipinski definition) is 7. The average molecular weight is 356 g/mol. The van der Waals surface area contributed by atoms with E-state index in [4.69, 9.17) is 9.84 Å². The van der Waals surface area contributed by atoms with E-state index in [1.165, 1.54) is 11.8 Å². The van der Waals surface area contributed by atoms with E-state index in [9.17, 15) is 14.9 Å². The van der Waals surface area contributed by atoms with Crippen LogP contribution >= 0.6 is 11.8 Å². The van der Waals surface area contributed by atoms with Gasteiger partial charge in [-0.25, -0.2) is 0 Å². The van der Waals surface area contributed by atoms with Crippen molar-refractivity contribution in [2.45, 2.75) is 25.3 Å². The van der Waals surface area contributed by atoms with Gasteiger partial charge in [0.1, 0.15) is 18.4 Å². The summed E-state index contributed by atoms with van der Waals surface area (Å²) in [6.07, 6.45) is 0. The number of carbonyl (C=O) groups is 1. The highest BCUT2D eigenvalue weighted by Gasteiger charge is 2.32. The molecule has 1 fully saturated rings. The Hall–Kier alpha value is -2.00. The maximum atomic E-state index is 11.1. The molecule has 0 bridgehead atoms. The number of aliphatic carboxylic acids is 1. The molecule has 1 saturated heterocycles. The monoisotopic (exact) mass is 356 g/mol. The van der Waals surface area contributed by atoms with Crippen molar-refractivity contribution in [2.24, 2.45) is 5.41 Å². The molecule has 0 amide bonds. The predicted octanol–water partition coefficient (Wildman–Crippen LogP) is 2.09. The fraction of sp³-hybridized carbons (Fsp3) is 0.533. The van der Waals surface area contributed by atoms with Crippen molar-refractivity contribution < 1.29 is 24.6 Å². The largest absolute Gasteiger partial charge is 0.493 e. The first-order chi connectivity index (χ1) is 11.3. The van der Waals surface area contributed by atoms with Crippen molar-refractivity contribution in [2.75, 3.05) is 19.0 Å². The molecule has 0 saturated carbocycles. The van der Waals surface area contributed by atoms with Gasteiger partial charge in [-0.1, -0.05) is 32.0 Å². The Morgan fingerprint density at radius 1 is 1.46 bits per heavy atom. The van der Waals surface area contributed by atoms with Crippen LogP contribution in [-0.4, -0.2) is 41.2 Å². The summed E-state index contributed by atoms with van der Waals surface area (Å²) in [4.78, 5) is 25.8. The molecule has 9 heteroatoms. The number of nitrogens with zero attached hydrogens (tertiary/aromatic N) is 1. The number of carboxylic acids is 1. The summed E-state index contributed by atoms with van der Waals surface area (Å²) in [6.45, 7) is 3.78. The van der Waals surface area contributed by atoms with Gasteiger partial charge in [-0.15, -0.1) is 21.9 Å². The SMILES string of the molecule is CC(C)(COc1ccccc1C1NC(C(=O)O)CS1)CO[N+](=O)[O-]. The first-order valence-electron chi connectivity index (χ1n) is 7.38. The molecule has 24 heavy (non-hydrogen) atoms. The standard InChI is InChI=1S/C15H20N2O6S/c1-15(2,9-23-17(20)21)8-22-12-6-4-3-5-10(12)13-16-11(7-24-13)14(18)19/h3-6,11,13,16H,7-9H2,1-2H3,(H,18,19). The third-order valence-corrected chi connectivity index (χ3v) is 4.71. The fourth-order valence-corrected chi connectivity index (χ4v) is 3.42. The van der Waals surface area contributed by atoms with Crippen LogP contribution in [0.5, 0.6) is 5.75 Å². The molecule has 2 atom stereocenters. The average Bonchev–Trinajstić information content (AvgIpc) is 3.02. The molecule has 0 radical (unpaired) electrons. The summed E-state index contributed by atoms with van der Waals surface area (Å²) in [5, 5.41) is 21.5. The van der Waals surface area contributed by atoms with Crippen LogP contribution in [0, 0.1) is 15.5 Å². The predicted molar refractivity (Wildman–Crippen MR) is 88.4 cm³/mol. The molecule has 0 spiro atoms. The first kappa shape index (κ1) is 18.3. The molecule has 2 rings (SSSR count). The second-order valence-corrected chi connectivity index (χ2v) is 7.40. The molecular weight excluding hydrogens is 336 g/mol. The Labute approximate surface area is 143 Å². The summed E-state index contributed by atoms with van der Waals surface area (Å²) in [5.74, 6) is 0.237. The highest BCUT2D eigenvalue weighted by Crippen LogP contribution is 2.38. The number of para-hydroxylation sites is 1. The minimum absolute atomic E-state index is 0.0698. The maximum Gasteiger partial charge on any atom is 0.321 e.